The van der Waals surface area contributed by atoms with E-state index in [-0.39, 0.29) is 6.09 Å². The second kappa shape index (κ2) is 3.83. The summed E-state index contributed by atoms with van der Waals surface area (Å²) in [6.07, 6.45) is 1.28. The van der Waals surface area contributed by atoms with Gasteiger partial charge in [0.2, 0.25) is 0 Å². The van der Waals surface area contributed by atoms with E-state index >= 15 is 0 Å². The highest BCUT2D eigenvalue weighted by atomic mass is 16.6. The Hall–Kier alpha value is -2.38. The first-order chi connectivity index (χ1) is 8.65. The molecule has 0 aliphatic carbocycles. The number of hydrogen-bond acceptors (Lipinski definition) is 6. The highest BCUT2D eigenvalue weighted by Gasteiger charge is 2.23. The quantitative estimate of drug-likeness (QED) is 0.796. The number of carbonyl (C=O) groups is 1. The molecule has 2 N–H and O–H groups in total. The van der Waals surface area contributed by atoms with Crippen LogP contribution in [-0.2, 0) is 18.3 Å². The average molecular weight is 248 g/mol. The largest absolute Gasteiger partial charge is 0.448 e. The number of hydrogen-bond donors (Lipinski definition) is 1. The van der Waals surface area contributed by atoms with E-state index < -0.39 is 0 Å². The van der Waals surface area contributed by atoms with Gasteiger partial charge in [-0.2, -0.15) is 5.10 Å². The van der Waals surface area contributed by atoms with Gasteiger partial charge in [0.05, 0.1) is 24.7 Å². The number of anilines is 1. The Labute approximate surface area is 102 Å². The Morgan fingerprint density at radius 2 is 2.33 bits per heavy atom. The molecule has 1 saturated heterocycles. The van der Waals surface area contributed by atoms with Gasteiger partial charge in [-0.05, 0) is 0 Å². The lowest BCUT2D eigenvalue weighted by Crippen LogP contribution is -2.25. The van der Waals surface area contributed by atoms with E-state index in [0.717, 1.165) is 0 Å². The van der Waals surface area contributed by atoms with E-state index in [2.05, 4.69) is 15.1 Å². The number of carbonyl (C=O) groups excluding carboxylic acids is 1. The van der Waals surface area contributed by atoms with Gasteiger partial charge >= 0.3 is 6.09 Å². The second-order valence-corrected chi connectivity index (χ2v) is 4.07. The maximum Gasteiger partial charge on any atom is 0.410 e. The predicted molar refractivity (Wildman–Crippen MR) is 62.5 cm³/mol. The first-order valence-electron chi connectivity index (χ1n) is 5.51. The zero-order chi connectivity index (χ0) is 12.7. The highest BCUT2D eigenvalue weighted by Crippen LogP contribution is 2.17. The van der Waals surface area contributed by atoms with Gasteiger partial charge in [-0.25, -0.2) is 14.8 Å². The van der Waals surface area contributed by atoms with Crippen LogP contribution < -0.4 is 5.73 Å². The summed E-state index contributed by atoms with van der Waals surface area (Å²) in [6.45, 7) is 1.25. The van der Waals surface area contributed by atoms with Crippen LogP contribution in [0.1, 0.15) is 5.82 Å². The number of aryl methyl sites for hydroxylation is 1. The van der Waals surface area contributed by atoms with Gasteiger partial charge in [0, 0.05) is 7.05 Å². The molecule has 1 fully saturated rings. The van der Waals surface area contributed by atoms with Crippen LogP contribution in [0.4, 0.5) is 10.6 Å². The lowest BCUT2D eigenvalue weighted by atomic mass is 10.4. The Morgan fingerprint density at radius 1 is 1.50 bits per heavy atom. The van der Waals surface area contributed by atoms with Gasteiger partial charge in [0.1, 0.15) is 12.4 Å². The minimum atomic E-state index is -0.345. The van der Waals surface area contributed by atoms with Gasteiger partial charge in [0.25, 0.3) is 0 Å². The number of fused-ring (bicyclic) bond motifs is 1. The van der Waals surface area contributed by atoms with Crippen molar-refractivity contribution in [2.75, 3.05) is 18.9 Å². The molecule has 0 unspecified atom stereocenters. The Bertz CT molecular complexity index is 622. The molecule has 1 aliphatic heterocycles. The number of nitrogens with two attached hydrogens (primary N) is 1. The molecular formula is C10H12N6O2. The van der Waals surface area contributed by atoms with Crippen molar-refractivity contribution in [2.24, 2.45) is 7.05 Å². The van der Waals surface area contributed by atoms with Crippen LogP contribution in [0.3, 0.4) is 0 Å². The van der Waals surface area contributed by atoms with Crippen molar-refractivity contribution >= 4 is 22.9 Å². The molecule has 2 aromatic heterocycles. The molecule has 1 aliphatic rings. The van der Waals surface area contributed by atoms with E-state index in [1.165, 1.54) is 4.90 Å². The minimum absolute atomic E-state index is 0.296. The molecule has 3 heterocycles. The number of aromatic nitrogens is 4. The molecular weight excluding hydrogens is 236 g/mol. The average Bonchev–Trinajstić information content (AvgIpc) is 2.88. The molecule has 8 heteroatoms. The third-order valence-electron chi connectivity index (χ3n) is 2.85. The molecule has 0 aromatic carbocycles. The van der Waals surface area contributed by atoms with Crippen molar-refractivity contribution in [1.82, 2.24) is 24.6 Å². The smallest absolute Gasteiger partial charge is 0.410 e. The van der Waals surface area contributed by atoms with E-state index in [1.54, 1.807) is 17.9 Å². The summed E-state index contributed by atoms with van der Waals surface area (Å²) in [6, 6.07) is 0. The highest BCUT2D eigenvalue weighted by molar-refractivity contribution is 5.85. The van der Waals surface area contributed by atoms with Crippen molar-refractivity contribution in [2.45, 2.75) is 6.54 Å². The summed E-state index contributed by atoms with van der Waals surface area (Å²) in [5, 5.41) is 4.79. The molecule has 1 amide bonds. The van der Waals surface area contributed by atoms with Gasteiger partial charge < -0.3 is 10.5 Å². The van der Waals surface area contributed by atoms with Gasteiger partial charge in [-0.3, -0.25) is 9.58 Å². The Morgan fingerprint density at radius 3 is 3.06 bits per heavy atom. The normalized spacial score (nSPS) is 15.4. The number of ether oxygens (including phenoxy) is 1. The summed E-state index contributed by atoms with van der Waals surface area (Å²) >= 11 is 0. The summed E-state index contributed by atoms with van der Waals surface area (Å²) in [5.74, 6) is 0.859. The van der Waals surface area contributed by atoms with Crippen molar-refractivity contribution < 1.29 is 9.53 Å². The van der Waals surface area contributed by atoms with Crippen LogP contribution in [0.25, 0.3) is 11.0 Å². The maximum absolute atomic E-state index is 11.3. The van der Waals surface area contributed by atoms with Crippen LogP contribution in [0.15, 0.2) is 6.20 Å². The number of cyclic esters (lactones) is 1. The number of amides is 1. The first-order valence-corrected chi connectivity index (χ1v) is 5.51. The molecule has 2 aromatic rings. The molecule has 0 atom stereocenters. The second-order valence-electron chi connectivity index (χ2n) is 4.07. The van der Waals surface area contributed by atoms with E-state index in [1.807, 2.05) is 0 Å². The van der Waals surface area contributed by atoms with Crippen LogP contribution in [0.2, 0.25) is 0 Å². The third kappa shape index (κ3) is 1.62. The van der Waals surface area contributed by atoms with Crippen LogP contribution in [0.5, 0.6) is 0 Å². The van der Waals surface area contributed by atoms with E-state index in [0.29, 0.717) is 42.4 Å². The van der Waals surface area contributed by atoms with E-state index in [9.17, 15) is 4.79 Å². The summed E-state index contributed by atoms with van der Waals surface area (Å²) in [4.78, 5) is 21.4. The molecule has 0 radical (unpaired) electrons. The zero-order valence-electron chi connectivity index (χ0n) is 9.83. The SMILES string of the molecule is Cn1ncc2c(N)nc(CN3CCOC3=O)nc21. The molecule has 94 valence electrons. The molecule has 0 bridgehead atoms. The van der Waals surface area contributed by atoms with Crippen LogP contribution in [-0.4, -0.2) is 43.9 Å². The fourth-order valence-corrected chi connectivity index (χ4v) is 1.90. The fraction of sp³-hybridized carbons (Fsp3) is 0.400. The first kappa shape index (κ1) is 10.8. The standard InChI is InChI=1S/C10H12N6O2/c1-15-9-6(4-12-15)8(11)13-7(14-9)5-16-2-3-18-10(16)17/h4H,2-3,5H2,1H3,(H2,11,13,14). The molecule has 0 saturated carbocycles. The topological polar surface area (TPSA) is 99.2 Å². The third-order valence-corrected chi connectivity index (χ3v) is 2.85. The number of rotatable bonds is 2. The van der Waals surface area contributed by atoms with Crippen molar-refractivity contribution in [1.29, 1.82) is 0 Å². The predicted octanol–water partition coefficient (Wildman–Crippen LogP) is -0.102. The fourth-order valence-electron chi connectivity index (χ4n) is 1.90. The zero-order valence-corrected chi connectivity index (χ0v) is 9.83. The summed E-state index contributed by atoms with van der Waals surface area (Å²) < 4.78 is 6.47. The molecule has 0 spiro atoms. The monoisotopic (exact) mass is 248 g/mol. The lowest BCUT2D eigenvalue weighted by Gasteiger charge is -2.11. The van der Waals surface area contributed by atoms with Crippen molar-refractivity contribution in [3.63, 3.8) is 0 Å². The molecule has 8 nitrogen and oxygen atoms in total. The minimum Gasteiger partial charge on any atom is -0.448 e. The van der Waals surface area contributed by atoms with E-state index in [4.69, 9.17) is 10.5 Å². The molecule has 3 rings (SSSR count). The van der Waals surface area contributed by atoms with Crippen LogP contribution >= 0.6 is 0 Å². The Kier molecular flexibility index (Phi) is 2.29. The maximum atomic E-state index is 11.3. The van der Waals surface area contributed by atoms with Crippen molar-refractivity contribution in [3.8, 4) is 0 Å². The van der Waals surface area contributed by atoms with Crippen LogP contribution in [0, 0.1) is 0 Å². The lowest BCUT2D eigenvalue weighted by molar-refractivity contribution is 0.156. The number of nitrogens with zero attached hydrogens (tertiary/aromatic N) is 5. The molecule has 18 heavy (non-hydrogen) atoms. The summed E-state index contributed by atoms with van der Waals surface area (Å²) in [7, 11) is 1.78. The van der Waals surface area contributed by atoms with Crippen molar-refractivity contribution in [3.05, 3.63) is 12.0 Å². The van der Waals surface area contributed by atoms with Gasteiger partial charge in [0.15, 0.2) is 11.5 Å². The van der Waals surface area contributed by atoms with Gasteiger partial charge in [-0.1, -0.05) is 0 Å². The summed E-state index contributed by atoms with van der Waals surface area (Å²) in [5.41, 5.74) is 6.50. The Balaban J connectivity index is 1.97. The number of nitrogen functional groups attached to an aromatic ring is 1. The van der Waals surface area contributed by atoms with Gasteiger partial charge in [-0.15, -0.1) is 0 Å².